The lowest BCUT2D eigenvalue weighted by Gasteiger charge is -2.12. The number of aliphatic imine (C=N–C) groups is 1. The summed E-state index contributed by atoms with van der Waals surface area (Å²) in [5.74, 6) is 2.06. The predicted octanol–water partition coefficient (Wildman–Crippen LogP) is 2.72. The topological polar surface area (TPSA) is 81.2 Å². The maximum absolute atomic E-state index is 11.1. The number of carbonyl (C=O) groups excluding carboxylic acids is 1. The van der Waals surface area contributed by atoms with Gasteiger partial charge in [0.25, 0.3) is 0 Å². The third-order valence-electron chi connectivity index (χ3n) is 3.57. The summed E-state index contributed by atoms with van der Waals surface area (Å²) in [4.78, 5) is 15.7. The molecule has 26 heavy (non-hydrogen) atoms. The quantitative estimate of drug-likeness (QED) is 0.177. The van der Waals surface area contributed by atoms with Gasteiger partial charge in [0.15, 0.2) is 5.96 Å². The normalized spacial score (nSPS) is 10.5. The smallest absolute Gasteiger partial charge is 0.305 e. The van der Waals surface area contributed by atoms with Crippen molar-refractivity contribution in [3.05, 3.63) is 23.8 Å². The van der Waals surface area contributed by atoms with Crippen molar-refractivity contribution in [2.24, 2.45) is 4.99 Å². The highest BCUT2D eigenvalue weighted by Gasteiger charge is 2.05. The van der Waals surface area contributed by atoms with E-state index in [4.69, 9.17) is 9.47 Å². The lowest BCUT2D eigenvalue weighted by atomic mass is 10.2. The van der Waals surface area contributed by atoms with Crippen LogP contribution >= 0.6 is 24.0 Å². The first-order valence-electron chi connectivity index (χ1n) is 8.44. The van der Waals surface area contributed by atoms with Gasteiger partial charge in [0.2, 0.25) is 0 Å². The summed E-state index contributed by atoms with van der Waals surface area (Å²) in [6.45, 7) is 4.02. The Balaban J connectivity index is 0.00000625. The molecular weight excluding hydrogens is 449 g/mol. The van der Waals surface area contributed by atoms with Crippen LogP contribution in [0.25, 0.3) is 0 Å². The van der Waals surface area contributed by atoms with Gasteiger partial charge in [0, 0.05) is 31.1 Å². The van der Waals surface area contributed by atoms with E-state index in [-0.39, 0.29) is 29.9 Å². The van der Waals surface area contributed by atoms with Gasteiger partial charge >= 0.3 is 5.97 Å². The number of ether oxygens (including phenoxy) is 3. The molecule has 0 aliphatic rings. The Bertz CT molecular complexity index is 567. The van der Waals surface area contributed by atoms with Crippen LogP contribution < -0.4 is 20.1 Å². The fraction of sp³-hybridized carbons (Fsp3) is 0.556. The number of unbranched alkanes of at least 4 members (excludes halogenated alkanes) is 1. The molecule has 0 radical (unpaired) electrons. The Labute approximate surface area is 172 Å². The molecule has 0 spiro atoms. The minimum Gasteiger partial charge on any atom is -0.497 e. The number of nitrogens with zero attached hydrogens (tertiary/aromatic N) is 1. The molecule has 0 fully saturated rings. The highest BCUT2D eigenvalue weighted by Crippen LogP contribution is 2.25. The minimum absolute atomic E-state index is 0. The largest absolute Gasteiger partial charge is 0.497 e. The first-order valence-corrected chi connectivity index (χ1v) is 8.44. The number of hydrogen-bond acceptors (Lipinski definition) is 5. The van der Waals surface area contributed by atoms with Crippen molar-refractivity contribution in [2.45, 2.75) is 32.7 Å². The molecule has 0 saturated heterocycles. The maximum atomic E-state index is 11.1. The number of nitrogens with one attached hydrogen (secondary N) is 2. The van der Waals surface area contributed by atoms with E-state index in [1.165, 1.54) is 7.11 Å². The molecule has 0 unspecified atom stereocenters. The van der Waals surface area contributed by atoms with Crippen molar-refractivity contribution < 1.29 is 19.0 Å². The summed E-state index contributed by atoms with van der Waals surface area (Å²) in [6.07, 6.45) is 2.09. The van der Waals surface area contributed by atoms with Crippen LogP contribution in [0, 0.1) is 0 Å². The first kappa shape index (κ1) is 24.3. The Morgan fingerprint density at radius 2 is 1.88 bits per heavy atom. The van der Waals surface area contributed by atoms with Crippen molar-refractivity contribution in [1.82, 2.24) is 10.6 Å². The lowest BCUT2D eigenvalue weighted by molar-refractivity contribution is -0.140. The van der Waals surface area contributed by atoms with E-state index in [0.717, 1.165) is 49.0 Å². The maximum Gasteiger partial charge on any atom is 0.305 e. The van der Waals surface area contributed by atoms with Gasteiger partial charge in [-0.2, -0.15) is 0 Å². The molecule has 0 heterocycles. The molecule has 0 saturated carbocycles. The molecule has 0 aromatic heterocycles. The van der Waals surface area contributed by atoms with Crippen molar-refractivity contribution >= 4 is 35.9 Å². The van der Waals surface area contributed by atoms with Gasteiger partial charge in [0.1, 0.15) is 11.5 Å². The highest BCUT2D eigenvalue weighted by atomic mass is 127. The first-order chi connectivity index (χ1) is 12.1. The van der Waals surface area contributed by atoms with Crippen LogP contribution in [0.2, 0.25) is 0 Å². The van der Waals surface area contributed by atoms with Gasteiger partial charge in [-0.05, 0) is 31.9 Å². The number of guanidine groups is 1. The second kappa shape index (κ2) is 14.5. The molecule has 0 atom stereocenters. The average molecular weight is 479 g/mol. The summed E-state index contributed by atoms with van der Waals surface area (Å²) in [6, 6.07) is 5.68. The SMILES string of the molecule is CCNC(=NCc1ccc(OC)cc1OC)NCCCCC(=O)OC.I. The molecule has 0 aliphatic carbocycles. The zero-order valence-corrected chi connectivity index (χ0v) is 18.3. The van der Waals surface area contributed by atoms with Gasteiger partial charge in [0.05, 0.1) is 27.9 Å². The van der Waals surface area contributed by atoms with Crippen molar-refractivity contribution in [1.29, 1.82) is 0 Å². The number of hydrogen-bond donors (Lipinski definition) is 2. The summed E-state index contributed by atoms with van der Waals surface area (Å²) >= 11 is 0. The molecule has 7 nitrogen and oxygen atoms in total. The zero-order valence-electron chi connectivity index (χ0n) is 16.0. The molecule has 2 N–H and O–H groups in total. The van der Waals surface area contributed by atoms with Crippen LogP contribution in [0.5, 0.6) is 11.5 Å². The van der Waals surface area contributed by atoms with E-state index < -0.39 is 0 Å². The summed E-state index contributed by atoms with van der Waals surface area (Å²) in [5, 5.41) is 6.47. The number of rotatable bonds is 10. The van der Waals surface area contributed by atoms with Gasteiger partial charge in [-0.1, -0.05) is 0 Å². The highest BCUT2D eigenvalue weighted by molar-refractivity contribution is 14.0. The van der Waals surface area contributed by atoms with E-state index in [1.54, 1.807) is 14.2 Å². The van der Waals surface area contributed by atoms with E-state index in [2.05, 4.69) is 20.4 Å². The summed E-state index contributed by atoms with van der Waals surface area (Å²) in [7, 11) is 4.66. The Morgan fingerprint density at radius 3 is 2.50 bits per heavy atom. The zero-order chi connectivity index (χ0) is 18.5. The fourth-order valence-corrected chi connectivity index (χ4v) is 2.19. The van der Waals surface area contributed by atoms with Crippen LogP contribution in [-0.4, -0.2) is 46.3 Å². The van der Waals surface area contributed by atoms with E-state index >= 15 is 0 Å². The molecule has 8 heteroatoms. The van der Waals surface area contributed by atoms with Crippen LogP contribution in [0.1, 0.15) is 31.7 Å². The van der Waals surface area contributed by atoms with Gasteiger partial charge in [-0.15, -0.1) is 24.0 Å². The predicted molar refractivity (Wildman–Crippen MR) is 114 cm³/mol. The van der Waals surface area contributed by atoms with Crippen LogP contribution in [0.4, 0.5) is 0 Å². The Morgan fingerprint density at radius 1 is 1.12 bits per heavy atom. The lowest BCUT2D eigenvalue weighted by Crippen LogP contribution is -2.37. The van der Waals surface area contributed by atoms with Crippen molar-refractivity contribution in [3.63, 3.8) is 0 Å². The second-order valence-electron chi connectivity index (χ2n) is 5.33. The third-order valence-corrected chi connectivity index (χ3v) is 3.57. The number of esters is 1. The number of halogens is 1. The average Bonchev–Trinajstić information content (AvgIpc) is 2.65. The summed E-state index contributed by atoms with van der Waals surface area (Å²) in [5.41, 5.74) is 0.978. The second-order valence-corrected chi connectivity index (χ2v) is 5.33. The standard InChI is InChI=1S/C18H29N3O4.HI/c1-5-19-18(20-11-7-6-8-17(22)25-4)21-13-14-9-10-15(23-2)12-16(14)24-3;/h9-10,12H,5-8,11,13H2,1-4H3,(H2,19,20,21);1H. The fourth-order valence-electron chi connectivity index (χ4n) is 2.19. The Kier molecular flexibility index (Phi) is 13.5. The van der Waals surface area contributed by atoms with Crippen LogP contribution in [-0.2, 0) is 16.1 Å². The molecular formula is C18H30IN3O4. The molecule has 1 aromatic rings. The van der Waals surface area contributed by atoms with Crippen LogP contribution in [0.15, 0.2) is 23.2 Å². The number of carbonyl (C=O) groups is 1. The molecule has 148 valence electrons. The molecule has 0 amide bonds. The summed E-state index contributed by atoms with van der Waals surface area (Å²) < 4.78 is 15.2. The molecule has 1 rings (SSSR count). The van der Waals surface area contributed by atoms with E-state index in [1.807, 2.05) is 25.1 Å². The molecule has 0 bridgehead atoms. The Hall–Kier alpha value is -1.71. The van der Waals surface area contributed by atoms with E-state index in [0.29, 0.717) is 13.0 Å². The van der Waals surface area contributed by atoms with Crippen molar-refractivity contribution in [3.8, 4) is 11.5 Å². The van der Waals surface area contributed by atoms with Gasteiger partial charge < -0.3 is 24.8 Å². The number of methoxy groups -OCH3 is 3. The third kappa shape index (κ3) is 9.12. The van der Waals surface area contributed by atoms with E-state index in [9.17, 15) is 4.79 Å². The van der Waals surface area contributed by atoms with Crippen molar-refractivity contribution in [2.75, 3.05) is 34.4 Å². The van der Waals surface area contributed by atoms with Gasteiger partial charge in [-0.3, -0.25) is 4.79 Å². The van der Waals surface area contributed by atoms with Gasteiger partial charge in [-0.25, -0.2) is 4.99 Å². The monoisotopic (exact) mass is 479 g/mol. The van der Waals surface area contributed by atoms with Crippen LogP contribution in [0.3, 0.4) is 0 Å². The number of benzene rings is 1. The minimum atomic E-state index is -0.174. The molecule has 0 aliphatic heterocycles. The molecule has 1 aromatic carbocycles.